The first-order valence-electron chi connectivity index (χ1n) is 18.8. The summed E-state index contributed by atoms with van der Waals surface area (Å²) in [6.07, 6.45) is 0.0289. The highest BCUT2D eigenvalue weighted by atomic mass is 35.5. The number of thioether (sulfide) groups is 1. The minimum atomic E-state index is -4.49. The van der Waals surface area contributed by atoms with E-state index < -0.39 is 37.5 Å². The highest BCUT2D eigenvalue weighted by molar-refractivity contribution is 7.99. The third-order valence-corrected chi connectivity index (χ3v) is 12.3. The number of rotatable bonds is 16. The van der Waals surface area contributed by atoms with Gasteiger partial charge in [0.2, 0.25) is 5.91 Å². The Bertz CT molecular complexity index is 2320. The van der Waals surface area contributed by atoms with Gasteiger partial charge in [0.25, 0.3) is 21.6 Å². The summed E-state index contributed by atoms with van der Waals surface area (Å²) in [5, 5.41) is 18.8. The largest absolute Gasteiger partial charge is 0.375 e. The minimum Gasteiger partial charge on any atom is -0.375 e. The number of carbonyl (C=O) groups is 2. The summed E-state index contributed by atoms with van der Waals surface area (Å²) in [6, 6.07) is 35.2. The molecule has 1 atom stereocenters. The Morgan fingerprint density at radius 3 is 2.21 bits per heavy atom. The number of amides is 2. The van der Waals surface area contributed by atoms with Crippen molar-refractivity contribution in [3.05, 3.63) is 148 Å². The molecule has 1 saturated heterocycles. The molecule has 0 radical (unpaired) electrons. The molecule has 1 aliphatic heterocycles. The van der Waals surface area contributed by atoms with E-state index in [-0.39, 0.29) is 29.6 Å². The maximum absolute atomic E-state index is 13.4. The fraction of sp³-hybridized carbons (Fsp3) is 0.256. The number of hydrogen-bond donors (Lipinski definition) is 3. The van der Waals surface area contributed by atoms with E-state index in [0.717, 1.165) is 54.9 Å². The molecule has 2 amide bonds. The van der Waals surface area contributed by atoms with Crippen molar-refractivity contribution in [1.82, 2.24) is 14.9 Å². The number of hydrogen-bond acceptors (Lipinski definition) is 10. The van der Waals surface area contributed by atoms with Crippen molar-refractivity contribution in [1.29, 1.82) is 0 Å². The van der Waals surface area contributed by atoms with Gasteiger partial charge in [0, 0.05) is 84.2 Å². The highest BCUT2D eigenvalue weighted by Crippen LogP contribution is 2.31. The average Bonchev–Trinajstić information content (AvgIpc) is 3.21. The normalized spacial score (nSPS) is 13.8. The molecule has 1 fully saturated rings. The number of sulfonamides is 1. The predicted molar refractivity (Wildman–Crippen MR) is 231 cm³/mol. The highest BCUT2D eigenvalue weighted by Gasteiger charge is 2.26. The Labute approximate surface area is 348 Å². The van der Waals surface area contributed by atoms with Crippen molar-refractivity contribution < 1.29 is 22.9 Å². The van der Waals surface area contributed by atoms with Gasteiger partial charge in [-0.3, -0.25) is 24.6 Å². The second-order valence-electron chi connectivity index (χ2n) is 14.2. The number of nitrogens with one attached hydrogen (secondary N) is 3. The van der Waals surface area contributed by atoms with Crippen molar-refractivity contribution in [3.8, 4) is 11.1 Å². The smallest absolute Gasteiger partial charge is 0.293 e. The minimum absolute atomic E-state index is 0.0289. The van der Waals surface area contributed by atoms with Gasteiger partial charge in [0.1, 0.15) is 5.69 Å². The quantitative estimate of drug-likeness (QED) is 0.0509. The maximum Gasteiger partial charge on any atom is 0.293 e. The Kier molecular flexibility index (Phi) is 14.1. The monoisotopic (exact) mass is 840 g/mol. The summed E-state index contributed by atoms with van der Waals surface area (Å²) >= 11 is 7.59. The molecule has 1 aliphatic rings. The van der Waals surface area contributed by atoms with E-state index in [0.29, 0.717) is 10.8 Å². The van der Waals surface area contributed by atoms with Crippen LogP contribution in [0.5, 0.6) is 0 Å². The predicted octanol–water partition coefficient (Wildman–Crippen LogP) is 7.84. The number of carbonyl (C=O) groups excluding carboxylic acids is 2. The van der Waals surface area contributed by atoms with E-state index in [1.165, 1.54) is 35.0 Å². The second kappa shape index (κ2) is 19.4. The van der Waals surface area contributed by atoms with E-state index >= 15 is 0 Å². The van der Waals surface area contributed by atoms with Gasteiger partial charge in [-0.15, -0.1) is 11.8 Å². The lowest BCUT2D eigenvalue weighted by Crippen LogP contribution is -2.46. The molecule has 0 bridgehead atoms. The number of nitrogens with zero attached hydrogens (tertiary/aromatic N) is 3. The van der Waals surface area contributed by atoms with Gasteiger partial charge in [-0.1, -0.05) is 66.2 Å². The molecule has 0 aliphatic carbocycles. The number of anilines is 2. The number of nitro groups is 1. The molecule has 5 aromatic rings. The van der Waals surface area contributed by atoms with Crippen LogP contribution < -0.4 is 20.3 Å². The summed E-state index contributed by atoms with van der Waals surface area (Å²) in [6.45, 7) is 7.68. The number of halogens is 1. The van der Waals surface area contributed by atoms with Crippen molar-refractivity contribution in [2.75, 3.05) is 42.1 Å². The van der Waals surface area contributed by atoms with Gasteiger partial charge in [-0.05, 0) is 91.2 Å². The molecule has 1 heterocycles. The van der Waals surface area contributed by atoms with Gasteiger partial charge in [0.15, 0.2) is 0 Å². The van der Waals surface area contributed by atoms with E-state index in [4.69, 9.17) is 11.6 Å². The van der Waals surface area contributed by atoms with Crippen LogP contribution in [-0.4, -0.2) is 74.1 Å². The SMILES string of the molecule is CC(C)NC(=O)C[C@H](CSc1ccccc1)Nc1ccc(S(=O)(=O)NC(=O)c2ccc(N3CCN(Cc4ccccc4-c4ccc(Cl)cc4)CC3)cc2)cc1[N+](=O)[O-]. The number of nitro benzene ring substituents is 1. The average molecular weight is 841 g/mol. The zero-order chi connectivity index (χ0) is 41.2. The van der Waals surface area contributed by atoms with Gasteiger partial charge in [-0.25, -0.2) is 13.1 Å². The van der Waals surface area contributed by atoms with Crippen molar-refractivity contribution in [2.45, 2.75) is 48.7 Å². The lowest BCUT2D eigenvalue weighted by Gasteiger charge is -2.36. The summed E-state index contributed by atoms with van der Waals surface area (Å²) in [5.74, 6) is -0.696. The van der Waals surface area contributed by atoms with Gasteiger partial charge in [-0.2, -0.15) is 0 Å². The van der Waals surface area contributed by atoms with Gasteiger partial charge < -0.3 is 15.5 Å². The summed E-state index contributed by atoms with van der Waals surface area (Å²) in [4.78, 5) is 42.5. The van der Waals surface area contributed by atoms with E-state index in [9.17, 15) is 28.1 Å². The second-order valence-corrected chi connectivity index (χ2v) is 17.4. The molecule has 15 heteroatoms. The van der Waals surface area contributed by atoms with E-state index in [1.807, 2.05) is 80.6 Å². The molecule has 0 unspecified atom stereocenters. The third kappa shape index (κ3) is 11.4. The summed E-state index contributed by atoms with van der Waals surface area (Å²) in [5.41, 5.74) is 4.08. The standard InChI is InChI=1S/C43H45ClN6O6S2/c1-30(2)45-42(51)26-35(29-57-37-9-4-3-5-10-37)46-40-21-20-38(27-41(40)50(53)54)58(55,56)47-43(52)32-14-18-36(19-15-32)49-24-22-48(23-25-49)28-33-8-6-7-11-39(33)31-12-16-34(44)17-13-31/h3-21,27,30,35,46H,22-26,28-29H2,1-2H3,(H,45,51)(H,47,52)/t35-/m1/s1. The Morgan fingerprint density at radius 1 is 0.862 bits per heavy atom. The first-order chi connectivity index (χ1) is 27.8. The summed E-state index contributed by atoms with van der Waals surface area (Å²) in [7, 11) is -4.49. The molecule has 302 valence electrons. The number of benzene rings is 5. The fourth-order valence-corrected chi connectivity index (χ4v) is 8.74. The van der Waals surface area contributed by atoms with Crippen LogP contribution in [0.2, 0.25) is 5.02 Å². The maximum atomic E-state index is 13.4. The molecule has 5 aromatic carbocycles. The lowest BCUT2D eigenvalue weighted by molar-refractivity contribution is -0.384. The first kappa shape index (κ1) is 42.2. The molecular formula is C43H45ClN6O6S2. The molecule has 12 nitrogen and oxygen atoms in total. The van der Waals surface area contributed by atoms with Crippen LogP contribution >= 0.6 is 23.4 Å². The summed E-state index contributed by atoms with van der Waals surface area (Å²) < 4.78 is 28.8. The van der Waals surface area contributed by atoms with Crippen LogP contribution in [0.1, 0.15) is 36.2 Å². The molecule has 6 rings (SSSR count). The Balaban J connectivity index is 1.07. The molecule has 0 aromatic heterocycles. The van der Waals surface area contributed by atoms with Crippen LogP contribution in [0, 0.1) is 10.1 Å². The van der Waals surface area contributed by atoms with E-state index in [1.54, 1.807) is 24.3 Å². The van der Waals surface area contributed by atoms with E-state index in [2.05, 4.69) is 37.3 Å². The lowest BCUT2D eigenvalue weighted by atomic mass is 9.99. The molecule has 3 N–H and O–H groups in total. The van der Waals surface area contributed by atoms with Gasteiger partial charge in [0.05, 0.1) is 9.82 Å². The topological polar surface area (TPSA) is 154 Å². The molecule has 58 heavy (non-hydrogen) atoms. The number of piperazine rings is 1. The Morgan fingerprint density at radius 2 is 1.53 bits per heavy atom. The van der Waals surface area contributed by atoms with Crippen molar-refractivity contribution in [3.63, 3.8) is 0 Å². The Hall–Kier alpha value is -5.41. The fourth-order valence-electron chi connectivity index (χ4n) is 6.68. The first-order valence-corrected chi connectivity index (χ1v) is 21.7. The van der Waals surface area contributed by atoms with Crippen molar-refractivity contribution >= 4 is 62.3 Å². The van der Waals surface area contributed by atoms with Crippen LogP contribution in [0.15, 0.2) is 131 Å². The molecular weight excluding hydrogens is 796 g/mol. The van der Waals surface area contributed by atoms with Crippen molar-refractivity contribution in [2.24, 2.45) is 0 Å². The van der Waals surface area contributed by atoms with Crippen LogP contribution in [0.3, 0.4) is 0 Å². The van der Waals surface area contributed by atoms with Crippen LogP contribution in [0.4, 0.5) is 17.1 Å². The third-order valence-electron chi connectivity index (χ3n) is 9.57. The zero-order valence-corrected chi connectivity index (χ0v) is 34.5. The van der Waals surface area contributed by atoms with Crippen LogP contribution in [0.25, 0.3) is 11.1 Å². The zero-order valence-electron chi connectivity index (χ0n) is 32.1. The molecule has 0 saturated carbocycles. The molecule has 0 spiro atoms. The van der Waals surface area contributed by atoms with Crippen LogP contribution in [-0.2, 0) is 21.4 Å². The van der Waals surface area contributed by atoms with Gasteiger partial charge >= 0.3 is 0 Å².